The molecule has 2 N–H and O–H groups in total. The van der Waals surface area contributed by atoms with Gasteiger partial charge in [-0.2, -0.15) is 0 Å². The van der Waals surface area contributed by atoms with Gasteiger partial charge in [0.25, 0.3) is 0 Å². The van der Waals surface area contributed by atoms with Crippen LogP contribution in [0.5, 0.6) is 0 Å². The highest BCUT2D eigenvalue weighted by molar-refractivity contribution is 7.90. The number of carbonyl (C=O) groups excluding carboxylic acids is 1. The highest BCUT2D eigenvalue weighted by Crippen LogP contribution is 2.09. The lowest BCUT2D eigenvalue weighted by Crippen LogP contribution is -2.52. The standard InChI is InChI=1S/C11H20N2O6S/c1-8(7-20(2,17)18)12-11(16)13-3-4-19-9(6-13)5-10(14)15/h8-9H,3-7H2,1-2H3,(H,12,16)(H,14,15). The summed E-state index contributed by atoms with van der Waals surface area (Å²) in [7, 11) is -3.16. The van der Waals surface area contributed by atoms with Crippen LogP contribution in [0.15, 0.2) is 0 Å². The molecule has 0 aliphatic carbocycles. The molecule has 2 unspecified atom stereocenters. The second-order valence-corrected chi connectivity index (χ2v) is 7.16. The highest BCUT2D eigenvalue weighted by atomic mass is 32.2. The Morgan fingerprint density at radius 1 is 1.50 bits per heavy atom. The Hall–Kier alpha value is -1.35. The Morgan fingerprint density at radius 3 is 2.70 bits per heavy atom. The summed E-state index contributed by atoms with van der Waals surface area (Å²) in [6, 6.07) is -0.905. The first kappa shape index (κ1) is 16.7. The maximum atomic E-state index is 11.9. The number of carbonyl (C=O) groups is 2. The fourth-order valence-corrected chi connectivity index (χ4v) is 3.01. The van der Waals surface area contributed by atoms with E-state index in [-0.39, 0.29) is 25.3 Å². The first-order chi connectivity index (χ1) is 9.17. The molecule has 1 saturated heterocycles. The predicted octanol–water partition coefficient (Wildman–Crippen LogP) is -0.695. The van der Waals surface area contributed by atoms with E-state index in [4.69, 9.17) is 9.84 Å². The number of morpholine rings is 1. The van der Waals surface area contributed by atoms with Crippen molar-refractivity contribution in [3.63, 3.8) is 0 Å². The third-order valence-electron chi connectivity index (χ3n) is 2.75. The SMILES string of the molecule is CC(CS(C)(=O)=O)NC(=O)N1CCOC(CC(=O)O)C1. The van der Waals surface area contributed by atoms with Crippen LogP contribution in [0.2, 0.25) is 0 Å². The van der Waals surface area contributed by atoms with Crippen LogP contribution in [-0.4, -0.2) is 74.3 Å². The molecule has 2 atom stereocenters. The van der Waals surface area contributed by atoms with Crippen LogP contribution < -0.4 is 5.32 Å². The number of hydrogen-bond donors (Lipinski definition) is 2. The fourth-order valence-electron chi connectivity index (χ4n) is 2.02. The monoisotopic (exact) mass is 308 g/mol. The van der Waals surface area contributed by atoms with Gasteiger partial charge < -0.3 is 20.1 Å². The third-order valence-corrected chi connectivity index (χ3v) is 3.86. The molecular formula is C11H20N2O6S. The normalized spacial score (nSPS) is 21.3. The number of carboxylic acids is 1. The zero-order valence-electron chi connectivity index (χ0n) is 11.5. The quantitative estimate of drug-likeness (QED) is 0.694. The summed E-state index contributed by atoms with van der Waals surface area (Å²) in [4.78, 5) is 24.0. The molecule has 1 heterocycles. The van der Waals surface area contributed by atoms with Gasteiger partial charge >= 0.3 is 12.0 Å². The zero-order chi connectivity index (χ0) is 15.3. The number of ether oxygens (including phenoxy) is 1. The molecule has 0 aromatic rings. The van der Waals surface area contributed by atoms with E-state index in [0.717, 1.165) is 6.26 Å². The van der Waals surface area contributed by atoms with Gasteiger partial charge in [0.1, 0.15) is 9.84 Å². The highest BCUT2D eigenvalue weighted by Gasteiger charge is 2.26. The van der Waals surface area contributed by atoms with Crippen molar-refractivity contribution in [1.29, 1.82) is 0 Å². The number of sulfone groups is 1. The van der Waals surface area contributed by atoms with E-state index in [0.29, 0.717) is 6.54 Å². The molecular weight excluding hydrogens is 288 g/mol. The van der Waals surface area contributed by atoms with Crippen molar-refractivity contribution in [3.8, 4) is 0 Å². The summed E-state index contributed by atoms with van der Waals surface area (Å²) < 4.78 is 27.5. The predicted molar refractivity (Wildman–Crippen MR) is 71.3 cm³/mol. The molecule has 1 aliphatic rings. The van der Waals surface area contributed by atoms with Crippen LogP contribution in [0.1, 0.15) is 13.3 Å². The van der Waals surface area contributed by atoms with Crippen molar-refractivity contribution in [1.82, 2.24) is 10.2 Å². The van der Waals surface area contributed by atoms with Gasteiger partial charge in [-0.1, -0.05) is 0 Å². The molecule has 0 bridgehead atoms. The molecule has 8 nitrogen and oxygen atoms in total. The summed E-state index contributed by atoms with van der Waals surface area (Å²) in [6.45, 7) is 2.41. The minimum absolute atomic E-state index is 0.137. The lowest BCUT2D eigenvalue weighted by atomic mass is 10.2. The van der Waals surface area contributed by atoms with Crippen molar-refractivity contribution in [3.05, 3.63) is 0 Å². The van der Waals surface area contributed by atoms with Gasteiger partial charge in [0.05, 0.1) is 24.9 Å². The van der Waals surface area contributed by atoms with Gasteiger partial charge in [-0.3, -0.25) is 4.79 Å². The average Bonchev–Trinajstić information content (AvgIpc) is 2.25. The Kier molecular flexibility index (Phi) is 5.75. The smallest absolute Gasteiger partial charge is 0.317 e. The van der Waals surface area contributed by atoms with E-state index in [9.17, 15) is 18.0 Å². The fraction of sp³-hybridized carbons (Fsp3) is 0.818. The van der Waals surface area contributed by atoms with E-state index < -0.39 is 34.0 Å². The van der Waals surface area contributed by atoms with E-state index in [1.54, 1.807) is 6.92 Å². The summed E-state index contributed by atoms with van der Waals surface area (Å²) in [6.07, 6.45) is 0.410. The lowest BCUT2D eigenvalue weighted by molar-refractivity contribution is -0.141. The second-order valence-electron chi connectivity index (χ2n) is 4.98. The molecule has 116 valence electrons. The molecule has 0 aromatic carbocycles. The Bertz CT molecular complexity index is 464. The molecule has 1 fully saturated rings. The van der Waals surface area contributed by atoms with E-state index in [1.807, 2.05) is 0 Å². The summed E-state index contributed by atoms with van der Waals surface area (Å²) in [5.41, 5.74) is 0. The molecule has 1 aliphatic heterocycles. The number of amides is 2. The second kappa shape index (κ2) is 6.89. The van der Waals surface area contributed by atoms with Crippen LogP contribution in [0.4, 0.5) is 4.79 Å². The summed E-state index contributed by atoms with van der Waals surface area (Å²) in [5, 5.41) is 11.3. The molecule has 0 radical (unpaired) electrons. The van der Waals surface area contributed by atoms with Crippen LogP contribution in [0, 0.1) is 0 Å². The van der Waals surface area contributed by atoms with Crippen molar-refractivity contribution < 1.29 is 27.9 Å². The minimum atomic E-state index is -3.16. The first-order valence-electron chi connectivity index (χ1n) is 6.24. The number of nitrogens with one attached hydrogen (secondary N) is 1. The summed E-state index contributed by atoms with van der Waals surface area (Å²) >= 11 is 0. The largest absolute Gasteiger partial charge is 0.481 e. The molecule has 2 amide bonds. The van der Waals surface area contributed by atoms with Crippen molar-refractivity contribution >= 4 is 21.8 Å². The number of nitrogens with zero attached hydrogens (tertiary/aromatic N) is 1. The third kappa shape index (κ3) is 6.20. The first-order valence-corrected chi connectivity index (χ1v) is 8.30. The molecule has 0 spiro atoms. The maximum absolute atomic E-state index is 11.9. The van der Waals surface area contributed by atoms with E-state index >= 15 is 0 Å². The van der Waals surface area contributed by atoms with Crippen molar-refractivity contribution in [2.24, 2.45) is 0 Å². The summed E-state index contributed by atoms with van der Waals surface area (Å²) in [5.74, 6) is -1.12. The number of hydrogen-bond acceptors (Lipinski definition) is 5. The Morgan fingerprint density at radius 2 is 2.15 bits per heavy atom. The Labute approximate surface area is 118 Å². The van der Waals surface area contributed by atoms with Gasteiger partial charge in [0.2, 0.25) is 0 Å². The van der Waals surface area contributed by atoms with E-state index in [1.165, 1.54) is 4.90 Å². The zero-order valence-corrected chi connectivity index (χ0v) is 12.4. The molecule has 1 rings (SSSR count). The number of aliphatic carboxylic acids is 1. The lowest BCUT2D eigenvalue weighted by Gasteiger charge is -2.33. The average molecular weight is 308 g/mol. The minimum Gasteiger partial charge on any atom is -0.481 e. The molecule has 0 saturated carbocycles. The van der Waals surface area contributed by atoms with Gasteiger partial charge in [0.15, 0.2) is 0 Å². The van der Waals surface area contributed by atoms with Crippen LogP contribution in [0.3, 0.4) is 0 Å². The van der Waals surface area contributed by atoms with E-state index in [2.05, 4.69) is 5.32 Å². The van der Waals surface area contributed by atoms with Crippen molar-refractivity contribution in [2.45, 2.75) is 25.5 Å². The maximum Gasteiger partial charge on any atom is 0.317 e. The number of carboxylic acid groups (broad SMARTS) is 1. The van der Waals surface area contributed by atoms with Crippen LogP contribution in [-0.2, 0) is 19.4 Å². The van der Waals surface area contributed by atoms with Crippen LogP contribution in [0.25, 0.3) is 0 Å². The number of urea groups is 1. The van der Waals surface area contributed by atoms with Gasteiger partial charge in [-0.15, -0.1) is 0 Å². The number of rotatable bonds is 5. The van der Waals surface area contributed by atoms with Crippen LogP contribution >= 0.6 is 0 Å². The molecule has 0 aromatic heterocycles. The molecule has 20 heavy (non-hydrogen) atoms. The van der Waals surface area contributed by atoms with Crippen molar-refractivity contribution in [2.75, 3.05) is 31.7 Å². The topological polar surface area (TPSA) is 113 Å². The van der Waals surface area contributed by atoms with Gasteiger partial charge in [0, 0.05) is 25.4 Å². The Balaban J connectivity index is 2.48. The van der Waals surface area contributed by atoms with Gasteiger partial charge in [-0.05, 0) is 6.92 Å². The molecule has 9 heteroatoms. The van der Waals surface area contributed by atoms with Gasteiger partial charge in [-0.25, -0.2) is 13.2 Å².